The summed E-state index contributed by atoms with van der Waals surface area (Å²) in [4.78, 5) is 32.3. The Kier molecular flexibility index (Phi) is 6.19. The first-order valence-electron chi connectivity index (χ1n) is 9.62. The summed E-state index contributed by atoms with van der Waals surface area (Å²) in [7, 11) is 3.12. The van der Waals surface area contributed by atoms with E-state index in [1.807, 2.05) is 0 Å². The van der Waals surface area contributed by atoms with Crippen molar-refractivity contribution in [3.63, 3.8) is 0 Å². The fourth-order valence-corrected chi connectivity index (χ4v) is 4.36. The predicted octanol–water partition coefficient (Wildman–Crippen LogP) is 3.00. The maximum atomic E-state index is 12.5. The molecular formula is C21H22N4O5S. The summed E-state index contributed by atoms with van der Waals surface area (Å²) in [5.41, 5.74) is 2.05. The monoisotopic (exact) mass is 442 g/mol. The highest BCUT2D eigenvalue weighted by Gasteiger charge is 2.23. The third kappa shape index (κ3) is 4.86. The summed E-state index contributed by atoms with van der Waals surface area (Å²) >= 11 is 1.43. The number of carbonyl (C=O) groups is 2. The van der Waals surface area contributed by atoms with Gasteiger partial charge in [-0.25, -0.2) is 4.98 Å². The molecule has 0 fully saturated rings. The number of anilines is 2. The van der Waals surface area contributed by atoms with E-state index in [9.17, 15) is 9.59 Å². The number of amides is 2. The van der Waals surface area contributed by atoms with Crippen molar-refractivity contribution in [2.75, 3.05) is 37.9 Å². The molecule has 3 heterocycles. The third-order valence-electron chi connectivity index (χ3n) is 4.85. The Morgan fingerprint density at radius 3 is 2.77 bits per heavy atom. The Hall–Kier alpha value is -3.37. The van der Waals surface area contributed by atoms with Crippen molar-refractivity contribution in [2.45, 2.75) is 13.0 Å². The Morgan fingerprint density at radius 2 is 2.03 bits per heavy atom. The third-order valence-corrected chi connectivity index (χ3v) is 5.85. The number of hydrogen-bond acceptors (Lipinski definition) is 8. The van der Waals surface area contributed by atoms with Crippen molar-refractivity contribution >= 4 is 34.0 Å². The van der Waals surface area contributed by atoms with Gasteiger partial charge in [-0.3, -0.25) is 19.8 Å². The molecule has 3 aromatic rings. The number of fused-ring (bicyclic) bond motifs is 1. The summed E-state index contributed by atoms with van der Waals surface area (Å²) in [6, 6.07) is 6.84. The Bertz CT molecular complexity index is 1080. The molecule has 0 atom stereocenters. The first-order valence-corrected chi connectivity index (χ1v) is 10.4. The molecule has 0 aliphatic carbocycles. The average molecular weight is 442 g/mol. The molecule has 9 nitrogen and oxygen atoms in total. The summed E-state index contributed by atoms with van der Waals surface area (Å²) < 4.78 is 15.4. The Labute approximate surface area is 183 Å². The van der Waals surface area contributed by atoms with E-state index in [1.165, 1.54) is 23.9 Å². The molecule has 0 spiro atoms. The highest BCUT2D eigenvalue weighted by molar-refractivity contribution is 7.15. The maximum Gasteiger partial charge on any atom is 0.260 e. The second-order valence-corrected chi connectivity index (χ2v) is 8.02. The Morgan fingerprint density at radius 1 is 1.19 bits per heavy atom. The zero-order chi connectivity index (χ0) is 21.8. The normalized spacial score (nSPS) is 13.4. The van der Waals surface area contributed by atoms with Crippen LogP contribution in [0.15, 0.2) is 41.2 Å². The van der Waals surface area contributed by atoms with Crippen LogP contribution in [0, 0.1) is 0 Å². The number of methoxy groups -OCH3 is 2. The molecular weight excluding hydrogens is 420 g/mol. The van der Waals surface area contributed by atoms with E-state index >= 15 is 0 Å². The number of hydrogen-bond donors (Lipinski definition) is 2. The van der Waals surface area contributed by atoms with Crippen LogP contribution in [0.2, 0.25) is 0 Å². The molecule has 0 saturated carbocycles. The van der Waals surface area contributed by atoms with E-state index in [-0.39, 0.29) is 18.4 Å². The SMILES string of the molecule is COc1ccc(NC(=O)CN2CCc3nc(NC(=O)c4ccoc4)sc3C2)cc1OC. The van der Waals surface area contributed by atoms with Gasteiger partial charge in [-0.2, -0.15) is 0 Å². The number of thiazole rings is 1. The van der Waals surface area contributed by atoms with Crippen molar-refractivity contribution in [2.24, 2.45) is 0 Å². The molecule has 1 aliphatic rings. The average Bonchev–Trinajstić information content (AvgIpc) is 3.43. The van der Waals surface area contributed by atoms with E-state index in [2.05, 4.69) is 20.5 Å². The van der Waals surface area contributed by atoms with Crippen LogP contribution in [-0.2, 0) is 17.8 Å². The van der Waals surface area contributed by atoms with E-state index in [0.717, 1.165) is 17.0 Å². The first-order chi connectivity index (χ1) is 15.1. The summed E-state index contributed by atoms with van der Waals surface area (Å²) in [5, 5.41) is 6.24. The van der Waals surface area contributed by atoms with Gasteiger partial charge in [-0.15, -0.1) is 11.3 Å². The number of nitrogens with zero attached hydrogens (tertiary/aromatic N) is 2. The van der Waals surface area contributed by atoms with E-state index in [0.29, 0.717) is 41.0 Å². The van der Waals surface area contributed by atoms with Gasteiger partial charge >= 0.3 is 0 Å². The van der Waals surface area contributed by atoms with Crippen LogP contribution in [0.25, 0.3) is 0 Å². The van der Waals surface area contributed by atoms with Gasteiger partial charge in [-0.05, 0) is 18.2 Å². The van der Waals surface area contributed by atoms with Crippen molar-refractivity contribution in [3.8, 4) is 11.5 Å². The topological polar surface area (TPSA) is 106 Å². The molecule has 1 aromatic carbocycles. The molecule has 2 N–H and O–H groups in total. The molecule has 0 radical (unpaired) electrons. The summed E-state index contributed by atoms with van der Waals surface area (Å²) in [6.45, 7) is 1.57. The van der Waals surface area contributed by atoms with E-state index < -0.39 is 0 Å². The molecule has 0 bridgehead atoms. The van der Waals surface area contributed by atoms with Gasteiger partial charge in [0.25, 0.3) is 5.91 Å². The highest BCUT2D eigenvalue weighted by Crippen LogP contribution is 2.30. The smallest absolute Gasteiger partial charge is 0.260 e. The predicted molar refractivity (Wildman–Crippen MR) is 116 cm³/mol. The van der Waals surface area contributed by atoms with E-state index in [4.69, 9.17) is 13.9 Å². The minimum Gasteiger partial charge on any atom is -0.493 e. The number of ether oxygens (including phenoxy) is 2. The minimum atomic E-state index is -0.258. The zero-order valence-corrected chi connectivity index (χ0v) is 18.0. The number of benzene rings is 1. The van der Waals surface area contributed by atoms with E-state index in [1.54, 1.807) is 38.5 Å². The summed E-state index contributed by atoms with van der Waals surface area (Å²) in [6.07, 6.45) is 3.56. The number of rotatable bonds is 7. The lowest BCUT2D eigenvalue weighted by Crippen LogP contribution is -2.36. The number of nitrogens with one attached hydrogen (secondary N) is 2. The number of carbonyl (C=O) groups excluding carboxylic acids is 2. The summed E-state index contributed by atoms with van der Waals surface area (Å²) in [5.74, 6) is 0.780. The lowest BCUT2D eigenvalue weighted by molar-refractivity contribution is -0.117. The molecule has 10 heteroatoms. The standard InChI is InChI=1S/C21H22N4O5S/c1-28-16-4-3-14(9-17(16)29-2)22-19(26)11-25-7-5-15-18(10-25)31-21(23-15)24-20(27)13-6-8-30-12-13/h3-4,6,8-9,12H,5,7,10-11H2,1-2H3,(H,22,26)(H,23,24,27). The fourth-order valence-electron chi connectivity index (χ4n) is 3.32. The molecule has 31 heavy (non-hydrogen) atoms. The van der Waals surface area contributed by atoms with Gasteiger partial charge in [0.2, 0.25) is 5.91 Å². The lowest BCUT2D eigenvalue weighted by Gasteiger charge is -2.25. The van der Waals surface area contributed by atoms with Crippen LogP contribution in [0.1, 0.15) is 20.9 Å². The molecule has 4 rings (SSSR count). The first kappa shape index (κ1) is 20.9. The Balaban J connectivity index is 1.34. The number of furan rings is 1. The van der Waals surface area contributed by atoms with Crippen molar-refractivity contribution in [3.05, 3.63) is 52.9 Å². The van der Waals surface area contributed by atoms with Crippen molar-refractivity contribution in [1.29, 1.82) is 0 Å². The minimum absolute atomic E-state index is 0.117. The maximum absolute atomic E-state index is 12.5. The second kappa shape index (κ2) is 9.19. The molecule has 2 amide bonds. The molecule has 1 aliphatic heterocycles. The van der Waals surface area contributed by atoms with Gasteiger partial charge in [-0.1, -0.05) is 0 Å². The van der Waals surface area contributed by atoms with Crippen LogP contribution in [0.3, 0.4) is 0 Å². The van der Waals surface area contributed by atoms with Crippen molar-refractivity contribution in [1.82, 2.24) is 9.88 Å². The van der Waals surface area contributed by atoms with Crippen LogP contribution in [-0.4, -0.2) is 49.0 Å². The largest absolute Gasteiger partial charge is 0.493 e. The van der Waals surface area contributed by atoms with Crippen molar-refractivity contribution < 1.29 is 23.5 Å². The van der Waals surface area contributed by atoms with Crippen LogP contribution < -0.4 is 20.1 Å². The number of aromatic nitrogens is 1. The van der Waals surface area contributed by atoms with Gasteiger partial charge in [0.05, 0.1) is 38.3 Å². The zero-order valence-electron chi connectivity index (χ0n) is 17.1. The van der Waals surface area contributed by atoms with Crippen LogP contribution >= 0.6 is 11.3 Å². The fraction of sp³-hybridized carbons (Fsp3) is 0.286. The lowest BCUT2D eigenvalue weighted by atomic mass is 10.2. The molecule has 0 unspecified atom stereocenters. The molecule has 162 valence electrons. The quantitative estimate of drug-likeness (QED) is 0.579. The van der Waals surface area contributed by atoms with Crippen LogP contribution in [0.5, 0.6) is 11.5 Å². The van der Waals surface area contributed by atoms with Gasteiger partial charge in [0.1, 0.15) is 6.26 Å². The highest BCUT2D eigenvalue weighted by atomic mass is 32.1. The molecule has 2 aromatic heterocycles. The van der Waals surface area contributed by atoms with Crippen LogP contribution in [0.4, 0.5) is 10.8 Å². The van der Waals surface area contributed by atoms with Gasteiger partial charge < -0.3 is 19.2 Å². The second-order valence-electron chi connectivity index (χ2n) is 6.93. The van der Waals surface area contributed by atoms with Gasteiger partial charge in [0, 0.05) is 36.1 Å². The van der Waals surface area contributed by atoms with Gasteiger partial charge in [0.15, 0.2) is 16.6 Å². The molecule has 0 saturated heterocycles.